The van der Waals surface area contributed by atoms with E-state index in [9.17, 15) is 4.79 Å². The Balaban J connectivity index is 2.63. The van der Waals surface area contributed by atoms with Gasteiger partial charge in [-0.3, -0.25) is 0 Å². The van der Waals surface area contributed by atoms with Crippen molar-refractivity contribution in [3.8, 4) is 0 Å². The predicted molar refractivity (Wildman–Crippen MR) is 60.4 cm³/mol. The Kier molecular flexibility index (Phi) is 4.18. The van der Waals surface area contributed by atoms with Gasteiger partial charge in [0.05, 0.1) is 0 Å². The number of allylic oxidation sites excluding steroid dienone is 1. The third-order valence-electron chi connectivity index (χ3n) is 3.34. The molecule has 1 aliphatic rings. The molecule has 0 aromatic carbocycles. The molecule has 1 fully saturated rings. The molecule has 1 rings (SSSR count). The molecule has 1 nitrogen and oxygen atoms in total. The van der Waals surface area contributed by atoms with Crippen LogP contribution in [0.25, 0.3) is 0 Å². The van der Waals surface area contributed by atoms with Crippen molar-refractivity contribution in [3.63, 3.8) is 0 Å². The van der Waals surface area contributed by atoms with Crippen LogP contribution in [-0.4, -0.2) is 6.29 Å². The van der Waals surface area contributed by atoms with Crippen molar-refractivity contribution in [2.24, 2.45) is 11.3 Å². The summed E-state index contributed by atoms with van der Waals surface area (Å²) in [6.45, 7) is 4.26. The Hall–Kier alpha value is -0.300. The zero-order valence-corrected chi connectivity index (χ0v) is 9.81. The number of carbonyl (C=O) groups excluding carboxylic acids is 1. The summed E-state index contributed by atoms with van der Waals surface area (Å²) in [5.41, 5.74) is 2.61. The van der Waals surface area contributed by atoms with Crippen LogP contribution in [0.15, 0.2) is 11.1 Å². The fourth-order valence-corrected chi connectivity index (χ4v) is 2.34. The first-order valence-electron chi connectivity index (χ1n) is 5.34. The predicted octanol–water partition coefficient (Wildman–Crippen LogP) is 3.91. The van der Waals surface area contributed by atoms with E-state index in [0.29, 0.717) is 0 Å². The van der Waals surface area contributed by atoms with E-state index < -0.39 is 0 Å². The van der Waals surface area contributed by atoms with Gasteiger partial charge in [-0.05, 0) is 44.9 Å². The number of rotatable bonds is 3. The molecule has 1 saturated carbocycles. The molecule has 80 valence electrons. The lowest BCUT2D eigenvalue weighted by molar-refractivity contribution is -0.118. The lowest BCUT2D eigenvalue weighted by Crippen LogP contribution is -2.28. The second-order valence-electron chi connectivity index (χ2n) is 4.79. The van der Waals surface area contributed by atoms with Crippen LogP contribution < -0.4 is 0 Å². The van der Waals surface area contributed by atoms with Crippen molar-refractivity contribution in [2.75, 3.05) is 0 Å². The summed E-state index contributed by atoms with van der Waals surface area (Å²) >= 11 is 5.64. The highest BCUT2D eigenvalue weighted by molar-refractivity contribution is 6.25. The molecule has 14 heavy (non-hydrogen) atoms. The molecule has 0 unspecified atom stereocenters. The van der Waals surface area contributed by atoms with E-state index in [2.05, 4.69) is 6.92 Å². The van der Waals surface area contributed by atoms with Crippen molar-refractivity contribution >= 4 is 17.9 Å². The van der Waals surface area contributed by atoms with E-state index in [4.69, 9.17) is 11.6 Å². The van der Waals surface area contributed by atoms with Gasteiger partial charge >= 0.3 is 0 Å². The van der Waals surface area contributed by atoms with Gasteiger partial charge < -0.3 is 4.79 Å². The molecule has 0 heterocycles. The molecule has 0 amide bonds. The van der Waals surface area contributed by atoms with Crippen LogP contribution in [-0.2, 0) is 4.79 Å². The number of hydrogen-bond donors (Lipinski definition) is 0. The van der Waals surface area contributed by atoms with Crippen LogP contribution in [0, 0.1) is 11.3 Å². The first-order chi connectivity index (χ1) is 6.62. The van der Waals surface area contributed by atoms with Crippen LogP contribution in [0.1, 0.15) is 46.0 Å². The maximum atomic E-state index is 11.2. The summed E-state index contributed by atoms with van der Waals surface area (Å²) in [7, 11) is 0. The van der Waals surface area contributed by atoms with Gasteiger partial charge in [0.2, 0.25) is 0 Å². The minimum atomic E-state index is -0.109. The fourth-order valence-electron chi connectivity index (χ4n) is 2.27. The Morgan fingerprint density at radius 2 is 2.07 bits per heavy atom. The summed E-state index contributed by atoms with van der Waals surface area (Å²) < 4.78 is 0. The standard InChI is InChI=1S/C12H19ClO/c1-10-3-5-12(9-14,6-4-10)7-11(2)8-13/h8-10H,3-7H2,1-2H3/b11-8+. The summed E-state index contributed by atoms with van der Waals surface area (Å²) in [6.07, 6.45) is 6.40. The van der Waals surface area contributed by atoms with Crippen LogP contribution in [0.4, 0.5) is 0 Å². The molecule has 0 radical (unpaired) electrons. The van der Waals surface area contributed by atoms with Crippen molar-refractivity contribution in [1.29, 1.82) is 0 Å². The number of aldehydes is 1. The van der Waals surface area contributed by atoms with E-state index in [0.717, 1.165) is 37.0 Å². The molecule has 0 bridgehead atoms. The van der Waals surface area contributed by atoms with Gasteiger partial charge in [-0.1, -0.05) is 24.1 Å². The van der Waals surface area contributed by atoms with Gasteiger partial charge in [0, 0.05) is 11.0 Å². The quantitative estimate of drug-likeness (QED) is 0.651. The van der Waals surface area contributed by atoms with Crippen molar-refractivity contribution < 1.29 is 4.79 Å². The first kappa shape index (κ1) is 11.8. The molecule has 1 aliphatic carbocycles. The summed E-state index contributed by atoms with van der Waals surface area (Å²) in [4.78, 5) is 11.2. The highest BCUT2D eigenvalue weighted by Crippen LogP contribution is 2.41. The lowest BCUT2D eigenvalue weighted by Gasteiger charge is -2.35. The fraction of sp³-hybridized carbons (Fsp3) is 0.750. The van der Waals surface area contributed by atoms with Crippen molar-refractivity contribution in [2.45, 2.75) is 46.0 Å². The topological polar surface area (TPSA) is 17.1 Å². The number of carbonyl (C=O) groups is 1. The summed E-state index contributed by atoms with van der Waals surface area (Å²) in [5.74, 6) is 0.781. The van der Waals surface area contributed by atoms with Crippen LogP contribution in [0.5, 0.6) is 0 Å². The number of hydrogen-bond acceptors (Lipinski definition) is 1. The van der Waals surface area contributed by atoms with Gasteiger partial charge in [0.1, 0.15) is 6.29 Å². The SMILES string of the molecule is C/C(=C\Cl)CC1(C=O)CCC(C)CC1. The molecule has 0 saturated heterocycles. The Morgan fingerprint density at radius 3 is 2.50 bits per heavy atom. The summed E-state index contributed by atoms with van der Waals surface area (Å²) in [6, 6.07) is 0. The highest BCUT2D eigenvalue weighted by atomic mass is 35.5. The Morgan fingerprint density at radius 1 is 1.50 bits per heavy atom. The van der Waals surface area contributed by atoms with Gasteiger partial charge in [0.15, 0.2) is 0 Å². The Bertz CT molecular complexity index is 224. The van der Waals surface area contributed by atoms with Gasteiger partial charge in [0.25, 0.3) is 0 Å². The maximum absolute atomic E-state index is 11.2. The van der Waals surface area contributed by atoms with E-state index in [1.54, 1.807) is 5.54 Å². The van der Waals surface area contributed by atoms with E-state index >= 15 is 0 Å². The van der Waals surface area contributed by atoms with Crippen molar-refractivity contribution in [3.05, 3.63) is 11.1 Å². The molecule has 2 heteroatoms. The molecular weight excluding hydrogens is 196 g/mol. The van der Waals surface area contributed by atoms with Gasteiger partial charge in [-0.25, -0.2) is 0 Å². The molecule has 0 atom stereocenters. The minimum Gasteiger partial charge on any atom is -0.303 e. The maximum Gasteiger partial charge on any atom is 0.126 e. The normalized spacial score (nSPS) is 34.2. The molecular formula is C12H19ClO. The lowest BCUT2D eigenvalue weighted by atomic mass is 9.69. The molecule has 0 spiro atoms. The van der Waals surface area contributed by atoms with Crippen LogP contribution >= 0.6 is 11.6 Å². The van der Waals surface area contributed by atoms with E-state index in [-0.39, 0.29) is 5.41 Å². The zero-order valence-electron chi connectivity index (χ0n) is 9.05. The zero-order chi connectivity index (χ0) is 10.6. The second kappa shape index (κ2) is 4.97. The highest BCUT2D eigenvalue weighted by Gasteiger charge is 2.33. The van der Waals surface area contributed by atoms with E-state index in [1.165, 1.54) is 12.8 Å². The summed E-state index contributed by atoms with van der Waals surface area (Å²) in [5, 5.41) is 0. The molecule has 0 N–H and O–H groups in total. The average molecular weight is 215 g/mol. The van der Waals surface area contributed by atoms with Crippen molar-refractivity contribution in [1.82, 2.24) is 0 Å². The van der Waals surface area contributed by atoms with Gasteiger partial charge in [-0.2, -0.15) is 0 Å². The third kappa shape index (κ3) is 2.84. The smallest absolute Gasteiger partial charge is 0.126 e. The van der Waals surface area contributed by atoms with Gasteiger partial charge in [-0.15, -0.1) is 0 Å². The van der Waals surface area contributed by atoms with Crippen LogP contribution in [0.2, 0.25) is 0 Å². The Labute approximate surface area is 91.5 Å². The minimum absolute atomic E-state index is 0.109. The number of halogens is 1. The third-order valence-corrected chi connectivity index (χ3v) is 3.71. The van der Waals surface area contributed by atoms with Crippen LogP contribution in [0.3, 0.4) is 0 Å². The monoisotopic (exact) mass is 214 g/mol. The molecule has 0 aromatic rings. The average Bonchev–Trinajstić information content (AvgIpc) is 2.22. The molecule has 0 aliphatic heterocycles. The largest absolute Gasteiger partial charge is 0.303 e. The second-order valence-corrected chi connectivity index (χ2v) is 5.01. The molecule has 0 aromatic heterocycles. The first-order valence-corrected chi connectivity index (χ1v) is 5.78. The van der Waals surface area contributed by atoms with E-state index in [1.807, 2.05) is 6.92 Å².